The minimum Gasteiger partial charge on any atom is -0.390 e. The van der Waals surface area contributed by atoms with E-state index in [1.807, 2.05) is 4.90 Å². The number of amides is 1. The lowest BCUT2D eigenvalue weighted by Gasteiger charge is -2.61. The molecule has 4 unspecified atom stereocenters. The van der Waals surface area contributed by atoms with Gasteiger partial charge in [0.2, 0.25) is 5.91 Å². The summed E-state index contributed by atoms with van der Waals surface area (Å²) in [5, 5.41) is 20.4. The van der Waals surface area contributed by atoms with Crippen molar-refractivity contribution < 1.29 is 9.90 Å². The van der Waals surface area contributed by atoms with E-state index in [1.165, 1.54) is 12.8 Å². The molecule has 1 heterocycles. The highest BCUT2D eigenvalue weighted by Gasteiger charge is 2.85. The molecule has 6 saturated carbocycles. The van der Waals surface area contributed by atoms with Crippen LogP contribution in [0.25, 0.3) is 0 Å². The van der Waals surface area contributed by atoms with Crippen LogP contribution in [0.15, 0.2) is 0 Å². The normalized spacial score (nSPS) is 59.5. The first-order valence-electron chi connectivity index (χ1n) is 9.60. The van der Waals surface area contributed by atoms with E-state index in [1.54, 1.807) is 0 Å². The molecule has 128 valence electrons. The molecule has 7 atom stereocenters. The molecule has 3 N–H and O–H groups in total. The van der Waals surface area contributed by atoms with Gasteiger partial charge in [0.1, 0.15) is 6.04 Å². The maximum Gasteiger partial charge on any atom is 0.241 e. The fraction of sp³-hybridized carbons (Fsp3) is 0.895. The Bertz CT molecular complexity index is 685. The van der Waals surface area contributed by atoms with Gasteiger partial charge in [-0.1, -0.05) is 0 Å². The van der Waals surface area contributed by atoms with Crippen LogP contribution in [0.3, 0.4) is 0 Å². The van der Waals surface area contributed by atoms with E-state index in [0.29, 0.717) is 35.6 Å². The SMILES string of the molecule is N#C[C@@H]1C[C@@]23C[C@@H]2C3N1C(=O)C(N)C12CC3CC(CC(O)(C3)C1)C2. The largest absolute Gasteiger partial charge is 0.390 e. The average molecular weight is 327 g/mol. The van der Waals surface area contributed by atoms with E-state index in [-0.39, 0.29) is 17.4 Å². The van der Waals surface area contributed by atoms with Gasteiger partial charge in [-0.05, 0) is 80.0 Å². The van der Waals surface area contributed by atoms with Crippen molar-refractivity contribution in [1.29, 1.82) is 5.26 Å². The number of likely N-dealkylation sites (tertiary alicyclic amines) is 1. The van der Waals surface area contributed by atoms with E-state index < -0.39 is 11.6 Å². The van der Waals surface area contributed by atoms with Gasteiger partial charge in [0.15, 0.2) is 0 Å². The second-order valence-electron chi connectivity index (χ2n) is 10.1. The fourth-order valence-corrected chi connectivity index (χ4v) is 7.92. The Morgan fingerprint density at radius 3 is 2.50 bits per heavy atom. The average Bonchev–Trinajstić information content (AvgIpc) is 3.33. The molecule has 4 bridgehead atoms. The summed E-state index contributed by atoms with van der Waals surface area (Å²) < 4.78 is 0. The van der Waals surface area contributed by atoms with Gasteiger partial charge in [-0.25, -0.2) is 0 Å². The molecule has 7 fully saturated rings. The Morgan fingerprint density at radius 2 is 1.92 bits per heavy atom. The van der Waals surface area contributed by atoms with E-state index in [0.717, 1.165) is 32.1 Å². The van der Waals surface area contributed by atoms with E-state index in [9.17, 15) is 15.2 Å². The fourth-order valence-electron chi connectivity index (χ4n) is 7.92. The monoisotopic (exact) mass is 327 g/mol. The predicted molar refractivity (Wildman–Crippen MR) is 85.2 cm³/mol. The molecule has 1 spiro atoms. The second-order valence-corrected chi connectivity index (χ2v) is 10.1. The lowest BCUT2D eigenvalue weighted by atomic mass is 9.46. The van der Waals surface area contributed by atoms with Crippen LogP contribution in [0.5, 0.6) is 0 Å². The Morgan fingerprint density at radius 1 is 1.21 bits per heavy atom. The summed E-state index contributed by atoms with van der Waals surface area (Å²) in [6, 6.07) is 1.83. The van der Waals surface area contributed by atoms with Crippen LogP contribution >= 0.6 is 0 Å². The summed E-state index contributed by atoms with van der Waals surface area (Å²) in [5.41, 5.74) is 6.08. The van der Waals surface area contributed by atoms with Crippen LogP contribution in [0, 0.1) is 39.9 Å². The Balaban J connectivity index is 1.31. The summed E-state index contributed by atoms with van der Waals surface area (Å²) >= 11 is 0. The highest BCUT2D eigenvalue weighted by Crippen LogP contribution is 2.82. The number of nitrogens with zero attached hydrogens (tertiary/aromatic N) is 2. The molecule has 5 heteroatoms. The topological polar surface area (TPSA) is 90.4 Å². The van der Waals surface area contributed by atoms with E-state index in [2.05, 4.69) is 6.07 Å². The smallest absolute Gasteiger partial charge is 0.241 e. The number of hydrogen-bond acceptors (Lipinski definition) is 4. The van der Waals surface area contributed by atoms with E-state index in [4.69, 9.17) is 5.73 Å². The summed E-state index contributed by atoms with van der Waals surface area (Å²) in [7, 11) is 0. The van der Waals surface area contributed by atoms with Gasteiger partial charge in [-0.3, -0.25) is 4.79 Å². The number of rotatable bonds is 2. The van der Waals surface area contributed by atoms with Crippen molar-refractivity contribution in [2.75, 3.05) is 0 Å². The van der Waals surface area contributed by atoms with Crippen molar-refractivity contribution >= 4 is 5.91 Å². The molecule has 7 rings (SSSR count). The summed E-state index contributed by atoms with van der Waals surface area (Å²) in [6.45, 7) is 0. The van der Waals surface area contributed by atoms with Gasteiger partial charge >= 0.3 is 0 Å². The maximum absolute atomic E-state index is 13.3. The first-order chi connectivity index (χ1) is 11.4. The first kappa shape index (κ1) is 14.1. The number of piperidine rings is 1. The molecule has 7 aliphatic rings. The van der Waals surface area contributed by atoms with Crippen LogP contribution in [-0.4, -0.2) is 39.6 Å². The minimum absolute atomic E-state index is 0.00109. The third-order valence-electron chi connectivity index (χ3n) is 8.65. The van der Waals surface area contributed by atoms with Crippen LogP contribution in [0.2, 0.25) is 0 Å². The van der Waals surface area contributed by atoms with Gasteiger partial charge < -0.3 is 15.7 Å². The van der Waals surface area contributed by atoms with Gasteiger partial charge in [-0.2, -0.15) is 5.26 Å². The highest BCUT2D eigenvalue weighted by atomic mass is 16.3. The Hall–Kier alpha value is -1.12. The molecule has 1 aliphatic heterocycles. The summed E-state index contributed by atoms with van der Waals surface area (Å²) in [5.74, 6) is 1.71. The number of hydrogen-bond donors (Lipinski definition) is 2. The first-order valence-corrected chi connectivity index (χ1v) is 9.60. The molecule has 0 aromatic rings. The molecule has 1 saturated heterocycles. The number of nitrogens with two attached hydrogens (primary N) is 1. The van der Waals surface area contributed by atoms with Crippen molar-refractivity contribution in [3.05, 3.63) is 0 Å². The van der Waals surface area contributed by atoms with Crippen molar-refractivity contribution in [1.82, 2.24) is 4.90 Å². The standard InChI is InChI=1S/C19H25N3O2/c20-8-12-6-19-7-13(19)15(19)22(12)16(23)14(21)17-2-10-1-11(3-17)5-18(24,4-10)9-17/h10-15,24H,1-7,9,21H2/t10?,11?,12-,13+,14?,15?,17?,18?,19+/m0/s1. The van der Waals surface area contributed by atoms with E-state index >= 15 is 0 Å². The zero-order valence-corrected chi connectivity index (χ0v) is 13.9. The third kappa shape index (κ3) is 1.47. The van der Waals surface area contributed by atoms with Crippen LogP contribution < -0.4 is 5.73 Å². The second kappa shape index (κ2) is 3.83. The number of fused-ring (bicyclic) bond motifs is 1. The lowest BCUT2D eigenvalue weighted by molar-refractivity contribution is -0.177. The highest BCUT2D eigenvalue weighted by molar-refractivity contribution is 5.85. The molecule has 0 radical (unpaired) electrons. The molecule has 6 aliphatic carbocycles. The molecule has 5 nitrogen and oxygen atoms in total. The van der Waals surface area contributed by atoms with Crippen molar-refractivity contribution in [2.45, 2.75) is 75.1 Å². The molecular formula is C19H25N3O2. The van der Waals surface area contributed by atoms with Crippen LogP contribution in [-0.2, 0) is 4.79 Å². The predicted octanol–water partition coefficient (Wildman–Crippen LogP) is 1.16. The lowest BCUT2D eigenvalue weighted by Crippen LogP contribution is -2.65. The number of nitriles is 1. The van der Waals surface area contributed by atoms with Crippen molar-refractivity contribution in [3.8, 4) is 6.07 Å². The Labute approximate surface area is 142 Å². The molecule has 0 aromatic heterocycles. The van der Waals surface area contributed by atoms with Gasteiger partial charge in [-0.15, -0.1) is 0 Å². The van der Waals surface area contributed by atoms with Crippen LogP contribution in [0.4, 0.5) is 0 Å². The quantitative estimate of drug-likeness (QED) is 0.796. The van der Waals surface area contributed by atoms with Crippen molar-refractivity contribution in [2.24, 2.45) is 34.3 Å². The number of carbonyl (C=O) groups is 1. The zero-order chi connectivity index (χ0) is 16.5. The van der Waals surface area contributed by atoms with Crippen LogP contribution in [0.1, 0.15) is 51.4 Å². The van der Waals surface area contributed by atoms with Gasteiger partial charge in [0.05, 0.1) is 17.7 Å². The summed E-state index contributed by atoms with van der Waals surface area (Å²) in [6.07, 6.45) is 7.71. The Kier molecular flexibility index (Phi) is 2.25. The molecular weight excluding hydrogens is 302 g/mol. The zero-order valence-electron chi connectivity index (χ0n) is 13.9. The molecule has 0 aromatic carbocycles. The maximum atomic E-state index is 13.3. The van der Waals surface area contributed by atoms with Gasteiger partial charge in [0.25, 0.3) is 0 Å². The number of aliphatic hydroxyl groups is 1. The number of carbonyl (C=O) groups excluding carboxylic acids is 1. The van der Waals surface area contributed by atoms with Crippen molar-refractivity contribution in [3.63, 3.8) is 0 Å². The molecule has 1 amide bonds. The molecule has 24 heavy (non-hydrogen) atoms. The minimum atomic E-state index is -0.593. The summed E-state index contributed by atoms with van der Waals surface area (Å²) in [4.78, 5) is 15.2. The third-order valence-corrected chi connectivity index (χ3v) is 8.65. The van der Waals surface area contributed by atoms with Gasteiger partial charge in [0, 0.05) is 6.04 Å².